The summed E-state index contributed by atoms with van der Waals surface area (Å²) in [7, 11) is 1.93. The Hall–Kier alpha value is -1.80. The number of likely N-dealkylation sites (N-methyl/N-ethyl adjacent to an activating group) is 1. The number of rotatable bonds is 5. The Balaban J connectivity index is 1.97. The highest BCUT2D eigenvalue weighted by Gasteiger charge is 2.33. The first-order chi connectivity index (χ1) is 10.8. The van der Waals surface area contributed by atoms with E-state index >= 15 is 0 Å². The number of carbonyl (C=O) groups excluding carboxylic acids is 1. The van der Waals surface area contributed by atoms with Crippen LogP contribution >= 0.6 is 0 Å². The molecule has 1 N–H and O–H groups in total. The lowest BCUT2D eigenvalue weighted by Gasteiger charge is -2.19. The van der Waals surface area contributed by atoms with Gasteiger partial charge in [-0.3, -0.25) is 4.79 Å². The molecule has 8 heteroatoms. The van der Waals surface area contributed by atoms with E-state index in [1.807, 2.05) is 18.9 Å². The maximum absolute atomic E-state index is 12.2. The van der Waals surface area contributed by atoms with Crippen molar-refractivity contribution in [2.75, 3.05) is 26.7 Å². The number of nitrogens with zero attached hydrogens (tertiary/aromatic N) is 1. The topological polar surface area (TPSA) is 50.8 Å². The van der Waals surface area contributed by atoms with Gasteiger partial charge in [-0.2, -0.15) is 0 Å². The number of alkyl halides is 3. The Morgan fingerprint density at radius 3 is 2.52 bits per heavy atom. The van der Waals surface area contributed by atoms with Gasteiger partial charge in [-0.1, -0.05) is 0 Å². The molecule has 1 heterocycles. The molecule has 1 amide bonds. The molecule has 1 aliphatic heterocycles. The number of hydrogen-bond donors (Lipinski definition) is 1. The summed E-state index contributed by atoms with van der Waals surface area (Å²) in [6.45, 7) is 3.81. The second kappa shape index (κ2) is 7.18. The minimum atomic E-state index is -4.75. The molecule has 1 fully saturated rings. The van der Waals surface area contributed by atoms with Gasteiger partial charge in [0.1, 0.15) is 5.75 Å². The quantitative estimate of drug-likeness (QED) is 0.896. The highest BCUT2D eigenvalue weighted by Crippen LogP contribution is 2.23. The molecule has 1 aliphatic rings. The van der Waals surface area contributed by atoms with Gasteiger partial charge in [-0.05, 0) is 38.2 Å². The monoisotopic (exact) mass is 332 g/mol. The van der Waals surface area contributed by atoms with E-state index < -0.39 is 6.36 Å². The van der Waals surface area contributed by atoms with Gasteiger partial charge in [0.15, 0.2) is 0 Å². The molecule has 23 heavy (non-hydrogen) atoms. The Morgan fingerprint density at radius 2 is 1.96 bits per heavy atom. The third-order valence-corrected chi connectivity index (χ3v) is 3.50. The zero-order valence-corrected chi connectivity index (χ0v) is 12.9. The van der Waals surface area contributed by atoms with Crippen LogP contribution in [0.25, 0.3) is 0 Å². The lowest BCUT2D eigenvalue weighted by Crippen LogP contribution is -2.43. The molecule has 1 aromatic rings. The van der Waals surface area contributed by atoms with Crippen LogP contribution in [0.2, 0.25) is 0 Å². The van der Waals surface area contributed by atoms with Crippen molar-refractivity contribution in [3.05, 3.63) is 29.8 Å². The maximum Gasteiger partial charge on any atom is 0.573 e. The van der Waals surface area contributed by atoms with Gasteiger partial charge in [0.25, 0.3) is 5.91 Å². The molecular weight excluding hydrogens is 313 g/mol. The van der Waals surface area contributed by atoms with E-state index in [1.54, 1.807) is 0 Å². The van der Waals surface area contributed by atoms with Gasteiger partial charge < -0.3 is 19.7 Å². The first-order valence-electron chi connectivity index (χ1n) is 7.25. The Labute approximate surface area is 132 Å². The van der Waals surface area contributed by atoms with Crippen molar-refractivity contribution >= 4 is 5.91 Å². The summed E-state index contributed by atoms with van der Waals surface area (Å²) in [6.07, 6.45) is -4.84. The zero-order chi connectivity index (χ0) is 17.0. The summed E-state index contributed by atoms with van der Waals surface area (Å²) in [5.41, 5.74) is 0.268. The molecule has 0 unspecified atom stereocenters. The molecule has 1 saturated heterocycles. The zero-order valence-electron chi connectivity index (χ0n) is 12.9. The van der Waals surface area contributed by atoms with E-state index in [4.69, 9.17) is 4.74 Å². The molecule has 0 saturated carbocycles. The summed E-state index contributed by atoms with van der Waals surface area (Å²) in [4.78, 5) is 14.3. The van der Waals surface area contributed by atoms with Crippen molar-refractivity contribution < 1.29 is 27.4 Å². The number of hydrogen-bond acceptors (Lipinski definition) is 4. The molecule has 128 valence electrons. The van der Waals surface area contributed by atoms with Crippen molar-refractivity contribution in [3.8, 4) is 5.75 Å². The highest BCUT2D eigenvalue weighted by molar-refractivity contribution is 5.94. The molecule has 0 aromatic heterocycles. The standard InChI is InChI=1S/C15H19F3N2O3/c1-3-22-13-9-20(2)8-12(13)19-14(21)10-4-6-11(7-5-10)23-15(16,17)18/h4-7,12-13H,3,8-9H2,1-2H3,(H,19,21)/t12-,13+/m1/s1. The van der Waals surface area contributed by atoms with Gasteiger partial charge in [0.05, 0.1) is 12.1 Å². The SMILES string of the molecule is CCO[C@H]1CN(C)C[C@H]1NC(=O)c1ccc(OC(F)(F)F)cc1. The van der Waals surface area contributed by atoms with Crippen LogP contribution in [0.1, 0.15) is 17.3 Å². The predicted octanol–water partition coefficient (Wildman–Crippen LogP) is 2.03. The second-order valence-electron chi connectivity index (χ2n) is 5.37. The molecule has 0 spiro atoms. The molecule has 0 bridgehead atoms. The van der Waals surface area contributed by atoms with Crippen molar-refractivity contribution in [2.45, 2.75) is 25.4 Å². The third kappa shape index (κ3) is 5.11. The van der Waals surface area contributed by atoms with Crippen LogP contribution in [-0.2, 0) is 4.74 Å². The Kier molecular flexibility index (Phi) is 5.48. The third-order valence-electron chi connectivity index (χ3n) is 3.50. The lowest BCUT2D eigenvalue weighted by molar-refractivity contribution is -0.274. The van der Waals surface area contributed by atoms with E-state index in [0.29, 0.717) is 13.2 Å². The van der Waals surface area contributed by atoms with Gasteiger partial charge in [-0.15, -0.1) is 13.2 Å². The van der Waals surface area contributed by atoms with Crippen LogP contribution in [-0.4, -0.2) is 56.1 Å². The molecule has 0 aliphatic carbocycles. The molecular formula is C15H19F3N2O3. The van der Waals surface area contributed by atoms with Crippen LogP contribution in [0, 0.1) is 0 Å². The number of likely N-dealkylation sites (tertiary alicyclic amines) is 1. The molecule has 2 atom stereocenters. The average Bonchev–Trinajstić information content (AvgIpc) is 2.78. The highest BCUT2D eigenvalue weighted by atomic mass is 19.4. The van der Waals surface area contributed by atoms with Crippen molar-refractivity contribution in [3.63, 3.8) is 0 Å². The largest absolute Gasteiger partial charge is 0.573 e. The number of carbonyl (C=O) groups is 1. The molecule has 5 nitrogen and oxygen atoms in total. The number of amides is 1. The van der Waals surface area contributed by atoms with Gasteiger partial charge in [-0.25, -0.2) is 0 Å². The van der Waals surface area contributed by atoms with E-state index in [1.165, 1.54) is 12.1 Å². The van der Waals surface area contributed by atoms with Crippen molar-refractivity contribution in [1.82, 2.24) is 10.2 Å². The number of halogens is 3. The van der Waals surface area contributed by atoms with Crippen LogP contribution in [0.15, 0.2) is 24.3 Å². The molecule has 2 rings (SSSR count). The molecule has 1 aromatic carbocycles. The lowest BCUT2D eigenvalue weighted by atomic mass is 10.1. The minimum Gasteiger partial charge on any atom is -0.406 e. The van der Waals surface area contributed by atoms with Gasteiger partial charge in [0, 0.05) is 25.3 Å². The van der Waals surface area contributed by atoms with Crippen LogP contribution in [0.4, 0.5) is 13.2 Å². The van der Waals surface area contributed by atoms with Crippen LogP contribution in [0.5, 0.6) is 5.75 Å². The average molecular weight is 332 g/mol. The Morgan fingerprint density at radius 1 is 1.30 bits per heavy atom. The smallest absolute Gasteiger partial charge is 0.406 e. The van der Waals surface area contributed by atoms with Gasteiger partial charge >= 0.3 is 6.36 Å². The fraction of sp³-hybridized carbons (Fsp3) is 0.533. The van der Waals surface area contributed by atoms with Crippen molar-refractivity contribution in [1.29, 1.82) is 0 Å². The van der Waals surface area contributed by atoms with E-state index in [2.05, 4.69) is 10.1 Å². The summed E-state index contributed by atoms with van der Waals surface area (Å²) < 4.78 is 45.7. The van der Waals surface area contributed by atoms with Gasteiger partial charge in [0.2, 0.25) is 0 Å². The normalized spacial score (nSPS) is 22.1. The van der Waals surface area contributed by atoms with E-state index in [0.717, 1.165) is 18.7 Å². The predicted molar refractivity (Wildman–Crippen MR) is 77.3 cm³/mol. The maximum atomic E-state index is 12.2. The van der Waals surface area contributed by atoms with Crippen molar-refractivity contribution in [2.24, 2.45) is 0 Å². The summed E-state index contributed by atoms with van der Waals surface area (Å²) in [5.74, 6) is -0.713. The first kappa shape index (κ1) is 17.6. The van der Waals surface area contributed by atoms with E-state index in [9.17, 15) is 18.0 Å². The second-order valence-corrected chi connectivity index (χ2v) is 5.37. The van der Waals surface area contributed by atoms with Crippen LogP contribution in [0.3, 0.4) is 0 Å². The minimum absolute atomic E-state index is 0.0956. The van der Waals surface area contributed by atoms with Crippen LogP contribution < -0.4 is 10.1 Å². The fourth-order valence-corrected chi connectivity index (χ4v) is 2.54. The van der Waals surface area contributed by atoms with E-state index in [-0.39, 0.29) is 29.4 Å². The molecule has 0 radical (unpaired) electrons. The Bertz CT molecular complexity index is 534. The number of nitrogens with one attached hydrogen (secondary N) is 1. The summed E-state index contributed by atoms with van der Waals surface area (Å²) in [5, 5.41) is 2.86. The first-order valence-corrected chi connectivity index (χ1v) is 7.25. The number of benzene rings is 1. The fourth-order valence-electron chi connectivity index (χ4n) is 2.54. The summed E-state index contributed by atoms with van der Waals surface area (Å²) >= 11 is 0. The summed E-state index contributed by atoms with van der Waals surface area (Å²) in [6, 6.07) is 4.67. The number of ether oxygens (including phenoxy) is 2.